The number of amides is 1. The van der Waals surface area contributed by atoms with Crippen molar-refractivity contribution in [3.63, 3.8) is 0 Å². The summed E-state index contributed by atoms with van der Waals surface area (Å²) in [4.78, 5) is 18.0. The smallest absolute Gasteiger partial charge is 0.254 e. The minimum atomic E-state index is -0.0119. The highest BCUT2D eigenvalue weighted by Crippen LogP contribution is 2.28. The van der Waals surface area contributed by atoms with Gasteiger partial charge in [0.25, 0.3) is 5.91 Å². The Hall–Kier alpha value is -1.81. The van der Waals surface area contributed by atoms with Crippen molar-refractivity contribution in [2.45, 2.75) is 42.0 Å². The minimum Gasteiger partial charge on any atom is -0.352 e. The third-order valence-electron chi connectivity index (χ3n) is 4.25. The summed E-state index contributed by atoms with van der Waals surface area (Å²) in [6.45, 7) is 0.781. The van der Waals surface area contributed by atoms with Crippen LogP contribution < -0.4 is 5.32 Å². The van der Waals surface area contributed by atoms with Gasteiger partial charge in [-0.2, -0.15) is 0 Å². The number of nitrogens with one attached hydrogen (secondary N) is 1. The van der Waals surface area contributed by atoms with E-state index in [1.807, 2.05) is 42.5 Å². The molecular weight excluding hydrogens is 304 g/mol. The van der Waals surface area contributed by atoms with Gasteiger partial charge in [0.15, 0.2) is 0 Å². The number of hydrogen-bond acceptors (Lipinski definition) is 3. The average Bonchev–Trinajstić information content (AvgIpc) is 2.62. The molecule has 0 radical (unpaired) electrons. The summed E-state index contributed by atoms with van der Waals surface area (Å²) < 4.78 is 0. The first-order valence-corrected chi connectivity index (χ1v) is 9.10. The van der Waals surface area contributed by atoms with E-state index in [2.05, 4.69) is 10.3 Å². The lowest BCUT2D eigenvalue weighted by Crippen LogP contribution is -2.30. The lowest BCUT2D eigenvalue weighted by Gasteiger charge is -2.21. The Bertz CT molecular complexity index is 639. The molecule has 1 saturated carbocycles. The quantitative estimate of drug-likeness (QED) is 0.877. The lowest BCUT2D eigenvalue weighted by atomic mass is 9.89. The molecule has 1 aliphatic carbocycles. The molecule has 0 bridgehead atoms. The van der Waals surface area contributed by atoms with Crippen molar-refractivity contribution in [3.8, 4) is 0 Å². The summed E-state index contributed by atoms with van der Waals surface area (Å²) in [5, 5.41) is 3.87. The summed E-state index contributed by atoms with van der Waals surface area (Å²) >= 11 is 1.53. The van der Waals surface area contributed by atoms with Crippen molar-refractivity contribution in [2.24, 2.45) is 5.92 Å². The second kappa shape index (κ2) is 8.16. The van der Waals surface area contributed by atoms with E-state index < -0.39 is 0 Å². The third kappa shape index (κ3) is 4.58. The van der Waals surface area contributed by atoms with Crippen LogP contribution in [0.4, 0.5) is 0 Å². The van der Waals surface area contributed by atoms with Gasteiger partial charge in [0, 0.05) is 17.6 Å². The van der Waals surface area contributed by atoms with Crippen molar-refractivity contribution in [1.29, 1.82) is 0 Å². The van der Waals surface area contributed by atoms with Gasteiger partial charge in [-0.05, 0) is 43.0 Å². The third-order valence-corrected chi connectivity index (χ3v) is 5.28. The Morgan fingerprint density at radius 2 is 1.87 bits per heavy atom. The molecule has 4 heteroatoms. The standard InChI is InChI=1S/C19H22N2OS/c22-18(21-14-15-8-3-1-4-9-15)17-12-7-13-20-19(17)23-16-10-5-2-6-11-16/h2,5-7,10-13,15H,1,3-4,8-9,14H2,(H,21,22). The molecule has 0 spiro atoms. The predicted molar refractivity (Wildman–Crippen MR) is 93.7 cm³/mol. The number of pyridine rings is 1. The molecule has 1 aliphatic rings. The van der Waals surface area contributed by atoms with E-state index in [0.717, 1.165) is 16.5 Å². The van der Waals surface area contributed by atoms with Gasteiger partial charge in [0.2, 0.25) is 0 Å². The SMILES string of the molecule is O=C(NCC1CCCCC1)c1cccnc1Sc1ccccc1. The molecule has 1 aromatic carbocycles. The van der Waals surface area contributed by atoms with E-state index >= 15 is 0 Å². The number of benzene rings is 1. The highest BCUT2D eigenvalue weighted by molar-refractivity contribution is 7.99. The van der Waals surface area contributed by atoms with Gasteiger partial charge in [-0.25, -0.2) is 4.98 Å². The van der Waals surface area contributed by atoms with Crippen molar-refractivity contribution in [3.05, 3.63) is 54.2 Å². The first-order valence-electron chi connectivity index (χ1n) is 8.29. The number of carbonyl (C=O) groups excluding carboxylic acids is 1. The monoisotopic (exact) mass is 326 g/mol. The van der Waals surface area contributed by atoms with Gasteiger partial charge < -0.3 is 5.32 Å². The van der Waals surface area contributed by atoms with E-state index in [-0.39, 0.29) is 5.91 Å². The average molecular weight is 326 g/mol. The van der Waals surface area contributed by atoms with E-state index in [1.165, 1.54) is 43.9 Å². The Balaban J connectivity index is 1.65. The van der Waals surface area contributed by atoms with Crippen LogP contribution in [0.3, 0.4) is 0 Å². The summed E-state index contributed by atoms with van der Waals surface area (Å²) in [6.07, 6.45) is 8.14. The van der Waals surface area contributed by atoms with Crippen LogP contribution in [0.25, 0.3) is 0 Å². The lowest BCUT2D eigenvalue weighted by molar-refractivity contribution is 0.0940. The Kier molecular flexibility index (Phi) is 5.70. The molecule has 1 fully saturated rings. The predicted octanol–water partition coefficient (Wildman–Crippen LogP) is 4.54. The van der Waals surface area contributed by atoms with Gasteiger partial charge in [0.1, 0.15) is 5.03 Å². The number of rotatable bonds is 5. The van der Waals surface area contributed by atoms with E-state index in [4.69, 9.17) is 0 Å². The molecule has 23 heavy (non-hydrogen) atoms. The van der Waals surface area contributed by atoms with Crippen molar-refractivity contribution < 1.29 is 4.79 Å². The van der Waals surface area contributed by atoms with Crippen molar-refractivity contribution in [2.75, 3.05) is 6.54 Å². The Morgan fingerprint density at radius 1 is 1.09 bits per heavy atom. The largest absolute Gasteiger partial charge is 0.352 e. The molecule has 3 nitrogen and oxygen atoms in total. The first-order chi connectivity index (χ1) is 11.3. The molecule has 0 aliphatic heterocycles. The fourth-order valence-electron chi connectivity index (χ4n) is 2.97. The second-order valence-electron chi connectivity index (χ2n) is 5.99. The topological polar surface area (TPSA) is 42.0 Å². The Morgan fingerprint density at radius 3 is 2.65 bits per heavy atom. The molecule has 120 valence electrons. The van der Waals surface area contributed by atoms with Crippen LogP contribution in [0.1, 0.15) is 42.5 Å². The fourth-order valence-corrected chi connectivity index (χ4v) is 3.87. The highest BCUT2D eigenvalue weighted by Gasteiger charge is 2.17. The van der Waals surface area contributed by atoms with Gasteiger partial charge in [-0.3, -0.25) is 4.79 Å². The van der Waals surface area contributed by atoms with E-state index in [0.29, 0.717) is 11.5 Å². The number of aromatic nitrogens is 1. The number of hydrogen-bond donors (Lipinski definition) is 1. The fraction of sp³-hybridized carbons (Fsp3) is 0.368. The molecule has 1 amide bonds. The highest BCUT2D eigenvalue weighted by atomic mass is 32.2. The number of carbonyl (C=O) groups is 1. The molecule has 2 aromatic rings. The van der Waals surface area contributed by atoms with Gasteiger partial charge in [0.05, 0.1) is 5.56 Å². The molecule has 3 rings (SSSR count). The summed E-state index contributed by atoms with van der Waals surface area (Å²) in [7, 11) is 0. The molecule has 1 aromatic heterocycles. The van der Waals surface area contributed by atoms with Gasteiger partial charge in [-0.15, -0.1) is 0 Å². The molecule has 1 heterocycles. The zero-order valence-electron chi connectivity index (χ0n) is 13.2. The van der Waals surface area contributed by atoms with Crippen LogP contribution in [-0.2, 0) is 0 Å². The molecular formula is C19H22N2OS. The summed E-state index contributed by atoms with van der Waals surface area (Å²) in [5.74, 6) is 0.622. The molecule has 0 unspecified atom stereocenters. The number of nitrogens with zero attached hydrogens (tertiary/aromatic N) is 1. The minimum absolute atomic E-state index is 0.0119. The summed E-state index contributed by atoms with van der Waals surface area (Å²) in [5.41, 5.74) is 0.664. The van der Waals surface area contributed by atoms with E-state index in [1.54, 1.807) is 6.20 Å². The maximum atomic E-state index is 12.5. The van der Waals surface area contributed by atoms with Crippen molar-refractivity contribution >= 4 is 17.7 Å². The maximum Gasteiger partial charge on any atom is 0.254 e. The van der Waals surface area contributed by atoms with Crippen LogP contribution >= 0.6 is 11.8 Å². The normalized spacial score (nSPS) is 15.3. The molecule has 0 atom stereocenters. The van der Waals surface area contributed by atoms with Gasteiger partial charge >= 0.3 is 0 Å². The zero-order chi connectivity index (χ0) is 15.9. The second-order valence-corrected chi connectivity index (χ2v) is 7.05. The first kappa shape index (κ1) is 16.1. The maximum absolute atomic E-state index is 12.5. The summed E-state index contributed by atoms with van der Waals surface area (Å²) in [6, 6.07) is 13.7. The van der Waals surface area contributed by atoms with Gasteiger partial charge in [-0.1, -0.05) is 49.2 Å². The van der Waals surface area contributed by atoms with Crippen LogP contribution in [0.5, 0.6) is 0 Å². The van der Waals surface area contributed by atoms with Crippen LogP contribution in [-0.4, -0.2) is 17.4 Å². The molecule has 1 N–H and O–H groups in total. The van der Waals surface area contributed by atoms with Crippen LogP contribution in [0.15, 0.2) is 58.6 Å². The molecule has 0 saturated heterocycles. The van der Waals surface area contributed by atoms with Crippen LogP contribution in [0, 0.1) is 5.92 Å². The zero-order valence-corrected chi connectivity index (χ0v) is 14.0. The Labute approximate surface area is 141 Å². The van der Waals surface area contributed by atoms with E-state index in [9.17, 15) is 4.79 Å². The van der Waals surface area contributed by atoms with Crippen molar-refractivity contribution in [1.82, 2.24) is 10.3 Å². The van der Waals surface area contributed by atoms with Crippen LogP contribution in [0.2, 0.25) is 0 Å².